The predicted octanol–water partition coefficient (Wildman–Crippen LogP) is 4.46. The van der Waals surface area contributed by atoms with Crippen LogP contribution in [-0.4, -0.2) is 17.5 Å². The summed E-state index contributed by atoms with van der Waals surface area (Å²) in [5.74, 6) is 1.13. The van der Waals surface area contributed by atoms with Gasteiger partial charge in [-0.1, -0.05) is 19.9 Å². The quantitative estimate of drug-likeness (QED) is 0.411. The fourth-order valence-electron chi connectivity index (χ4n) is 2.10. The van der Waals surface area contributed by atoms with Gasteiger partial charge in [0.25, 0.3) is 0 Å². The van der Waals surface area contributed by atoms with E-state index in [4.69, 9.17) is 9.84 Å². The van der Waals surface area contributed by atoms with Crippen molar-refractivity contribution in [1.29, 1.82) is 0 Å². The third-order valence-corrected chi connectivity index (χ3v) is 3.10. The molecule has 0 spiro atoms. The lowest BCUT2D eigenvalue weighted by atomic mass is 10.0. The highest BCUT2D eigenvalue weighted by atomic mass is 16.5. The third-order valence-electron chi connectivity index (χ3n) is 3.10. The predicted molar refractivity (Wildman–Crippen MR) is 81.6 cm³/mol. The molecule has 0 fully saturated rings. The first-order chi connectivity index (χ1) is 9.54. The summed E-state index contributed by atoms with van der Waals surface area (Å²) in [5, 5.41) is 8.98. The Morgan fingerprint density at radius 2 is 2.10 bits per heavy atom. The Bertz CT molecular complexity index is 463. The molecule has 1 aromatic rings. The molecule has 0 saturated carbocycles. The van der Waals surface area contributed by atoms with Crippen LogP contribution in [0.4, 0.5) is 0 Å². The maximum atomic E-state index is 11.5. The molecule has 3 heteroatoms. The summed E-state index contributed by atoms with van der Waals surface area (Å²) in [6, 6.07) is 5.66. The minimum Gasteiger partial charge on any atom is -0.513 e. The smallest absolute Gasteiger partial charge is 0.160 e. The van der Waals surface area contributed by atoms with E-state index in [2.05, 4.69) is 13.5 Å². The zero-order valence-corrected chi connectivity index (χ0v) is 12.4. The zero-order chi connectivity index (χ0) is 15.0. The van der Waals surface area contributed by atoms with Crippen molar-refractivity contribution in [3.63, 3.8) is 0 Å². The number of benzene rings is 1. The van der Waals surface area contributed by atoms with Crippen molar-refractivity contribution in [2.24, 2.45) is 0 Å². The summed E-state index contributed by atoms with van der Waals surface area (Å²) < 4.78 is 5.69. The van der Waals surface area contributed by atoms with E-state index in [0.29, 0.717) is 13.0 Å². The first-order valence-electron chi connectivity index (χ1n) is 7.18. The number of hydrogen-bond donors (Lipinski definition) is 1. The molecule has 0 aliphatic carbocycles. The number of aliphatic hydroxyl groups is 1. The lowest BCUT2D eigenvalue weighted by Gasteiger charge is -2.10. The van der Waals surface area contributed by atoms with Crippen LogP contribution in [0, 0.1) is 0 Å². The van der Waals surface area contributed by atoms with Gasteiger partial charge in [0.1, 0.15) is 5.75 Å². The molecule has 0 aliphatic rings. The second kappa shape index (κ2) is 8.41. The molecule has 0 heterocycles. The van der Waals surface area contributed by atoms with E-state index in [0.717, 1.165) is 42.6 Å². The Labute approximate surface area is 121 Å². The fourth-order valence-corrected chi connectivity index (χ4v) is 2.10. The van der Waals surface area contributed by atoms with E-state index in [-0.39, 0.29) is 11.5 Å². The first-order valence-corrected chi connectivity index (χ1v) is 7.18. The summed E-state index contributed by atoms with van der Waals surface area (Å²) >= 11 is 0. The second-order valence-electron chi connectivity index (χ2n) is 5.00. The lowest BCUT2D eigenvalue weighted by Crippen LogP contribution is -2.02. The molecule has 1 N–H and O–H groups in total. The van der Waals surface area contributed by atoms with Gasteiger partial charge in [-0.25, -0.2) is 0 Å². The Hall–Kier alpha value is -1.77. The molecule has 1 rings (SSSR count). The summed E-state index contributed by atoms with van der Waals surface area (Å²) in [6.45, 7) is 7.75. The Morgan fingerprint density at radius 1 is 1.35 bits per heavy atom. The van der Waals surface area contributed by atoms with Crippen molar-refractivity contribution in [2.45, 2.75) is 46.0 Å². The number of carbonyl (C=O) groups is 1. The van der Waals surface area contributed by atoms with Crippen molar-refractivity contribution in [2.75, 3.05) is 6.61 Å². The van der Waals surface area contributed by atoms with Crippen molar-refractivity contribution in [1.82, 2.24) is 0 Å². The Balaban J connectivity index is 2.56. The number of carbonyl (C=O) groups excluding carboxylic acids is 1. The van der Waals surface area contributed by atoms with Gasteiger partial charge in [0.2, 0.25) is 0 Å². The minimum absolute atomic E-state index is 0.0986. The van der Waals surface area contributed by atoms with Gasteiger partial charge in [-0.05, 0) is 49.9 Å². The van der Waals surface area contributed by atoms with E-state index in [9.17, 15) is 4.79 Å². The summed E-state index contributed by atoms with van der Waals surface area (Å²) in [6.07, 6.45) is 4.24. The van der Waals surface area contributed by atoms with Crippen LogP contribution in [-0.2, 0) is 6.42 Å². The van der Waals surface area contributed by atoms with Gasteiger partial charge >= 0.3 is 0 Å². The molecule has 0 atom stereocenters. The minimum atomic E-state index is 0.0986. The molecule has 1 aromatic carbocycles. The molecule has 0 aliphatic heterocycles. The van der Waals surface area contributed by atoms with Gasteiger partial charge in [0.05, 0.1) is 12.4 Å². The lowest BCUT2D eigenvalue weighted by molar-refractivity contribution is 0.101. The van der Waals surface area contributed by atoms with Crippen molar-refractivity contribution >= 4 is 5.78 Å². The molecule has 0 aromatic heterocycles. The Kier molecular flexibility index (Phi) is 6.85. The van der Waals surface area contributed by atoms with Gasteiger partial charge in [-0.15, -0.1) is 0 Å². The van der Waals surface area contributed by atoms with E-state index in [1.165, 1.54) is 0 Å². The Morgan fingerprint density at radius 3 is 2.70 bits per heavy atom. The summed E-state index contributed by atoms with van der Waals surface area (Å²) in [5.41, 5.74) is 1.84. The molecule has 0 bridgehead atoms. The average molecular weight is 276 g/mol. The molecular weight excluding hydrogens is 252 g/mol. The van der Waals surface area contributed by atoms with Gasteiger partial charge in [-0.3, -0.25) is 4.79 Å². The highest BCUT2D eigenvalue weighted by molar-refractivity contribution is 5.95. The van der Waals surface area contributed by atoms with Gasteiger partial charge in [0, 0.05) is 12.0 Å². The second-order valence-corrected chi connectivity index (χ2v) is 5.00. The number of aryl methyl sites for hydroxylation is 1. The van der Waals surface area contributed by atoms with Crippen LogP contribution in [0.1, 0.15) is 55.5 Å². The maximum absolute atomic E-state index is 11.5. The molecule has 20 heavy (non-hydrogen) atoms. The van der Waals surface area contributed by atoms with Crippen LogP contribution < -0.4 is 4.74 Å². The monoisotopic (exact) mass is 276 g/mol. The van der Waals surface area contributed by atoms with Crippen LogP contribution in [0.25, 0.3) is 0 Å². The van der Waals surface area contributed by atoms with E-state index in [1.807, 2.05) is 18.2 Å². The number of ether oxygens (including phenoxy) is 1. The van der Waals surface area contributed by atoms with Crippen molar-refractivity contribution in [3.8, 4) is 5.75 Å². The molecule has 0 saturated heterocycles. The average Bonchev–Trinajstić information content (AvgIpc) is 2.38. The van der Waals surface area contributed by atoms with Gasteiger partial charge < -0.3 is 9.84 Å². The zero-order valence-electron chi connectivity index (χ0n) is 12.4. The van der Waals surface area contributed by atoms with Crippen molar-refractivity contribution < 1.29 is 14.6 Å². The molecule has 0 unspecified atom stereocenters. The number of aliphatic hydroxyl groups excluding tert-OH is 1. The highest BCUT2D eigenvalue weighted by Crippen LogP contribution is 2.20. The molecule has 3 nitrogen and oxygen atoms in total. The first kappa shape index (κ1) is 16.3. The van der Waals surface area contributed by atoms with Crippen LogP contribution in [0.3, 0.4) is 0 Å². The SMILES string of the molecule is C=C(O)CCCCOc1ccc(C(C)=O)c(CCC)c1. The van der Waals surface area contributed by atoms with Gasteiger partial charge in [-0.2, -0.15) is 0 Å². The van der Waals surface area contributed by atoms with Crippen LogP contribution in [0.5, 0.6) is 5.75 Å². The van der Waals surface area contributed by atoms with E-state index < -0.39 is 0 Å². The topological polar surface area (TPSA) is 46.5 Å². The number of hydrogen-bond acceptors (Lipinski definition) is 3. The number of Topliss-reactive ketones (excluding diaryl/α,β-unsaturated/α-hetero) is 1. The molecule has 0 amide bonds. The standard InChI is InChI=1S/C17H24O3/c1-4-7-15-12-16(9-10-17(15)14(3)19)20-11-6-5-8-13(2)18/h9-10,12,18H,2,4-8,11H2,1,3H3. The maximum Gasteiger partial charge on any atom is 0.160 e. The summed E-state index contributed by atoms with van der Waals surface area (Å²) in [4.78, 5) is 11.5. The van der Waals surface area contributed by atoms with Crippen LogP contribution in [0.2, 0.25) is 0 Å². The third kappa shape index (κ3) is 5.47. The number of ketones is 1. The molecule has 110 valence electrons. The van der Waals surface area contributed by atoms with Gasteiger partial charge in [0.15, 0.2) is 5.78 Å². The fraction of sp³-hybridized carbons (Fsp3) is 0.471. The van der Waals surface area contributed by atoms with E-state index >= 15 is 0 Å². The number of unbranched alkanes of at least 4 members (excludes halogenated alkanes) is 1. The normalized spacial score (nSPS) is 10.3. The number of allylic oxidation sites excluding steroid dienone is 1. The molecule has 0 radical (unpaired) electrons. The largest absolute Gasteiger partial charge is 0.513 e. The summed E-state index contributed by atoms with van der Waals surface area (Å²) in [7, 11) is 0. The van der Waals surface area contributed by atoms with Crippen LogP contribution >= 0.6 is 0 Å². The van der Waals surface area contributed by atoms with Crippen molar-refractivity contribution in [3.05, 3.63) is 41.7 Å². The highest BCUT2D eigenvalue weighted by Gasteiger charge is 2.08. The number of rotatable bonds is 9. The van der Waals surface area contributed by atoms with E-state index in [1.54, 1.807) is 6.92 Å². The molecular formula is C17H24O3. The van der Waals surface area contributed by atoms with Crippen LogP contribution in [0.15, 0.2) is 30.5 Å².